The molecule has 0 spiro atoms. The third-order valence-electron chi connectivity index (χ3n) is 2.64. The first kappa shape index (κ1) is 15.2. The zero-order valence-corrected chi connectivity index (χ0v) is 12.4. The number of nitrogen functional groups attached to an aromatic ring is 1. The van der Waals surface area contributed by atoms with E-state index in [1.54, 1.807) is 13.1 Å². The molecule has 0 atom stereocenters. The number of H-pyrrole nitrogens is 1. The number of aromatic nitrogens is 3. The Morgan fingerprint density at radius 1 is 1.38 bits per heavy atom. The van der Waals surface area contributed by atoms with Crippen molar-refractivity contribution in [2.24, 2.45) is 7.05 Å². The van der Waals surface area contributed by atoms with Crippen LogP contribution < -0.4 is 21.6 Å². The summed E-state index contributed by atoms with van der Waals surface area (Å²) in [4.78, 5) is 26.0. The van der Waals surface area contributed by atoms with Crippen molar-refractivity contribution in [3.05, 3.63) is 45.0 Å². The van der Waals surface area contributed by atoms with Gasteiger partial charge in [-0.2, -0.15) is 4.98 Å². The lowest BCUT2D eigenvalue weighted by Gasteiger charge is -2.08. The van der Waals surface area contributed by atoms with Gasteiger partial charge < -0.3 is 10.5 Å². The fourth-order valence-corrected chi connectivity index (χ4v) is 2.44. The molecule has 1 aromatic carbocycles. The number of nitrogens with two attached hydrogens (primary N) is 1. The molecule has 1 aromatic heterocycles. The number of nitrogens with one attached hydrogen (secondary N) is 1. The Labute approximate surface area is 125 Å². The highest BCUT2D eigenvalue weighted by Crippen LogP contribution is 2.20. The second-order valence-electron chi connectivity index (χ2n) is 4.29. The highest BCUT2D eigenvalue weighted by atomic mass is 32.2. The lowest BCUT2D eigenvalue weighted by Crippen LogP contribution is -2.33. The molecule has 112 valence electrons. The van der Waals surface area contributed by atoms with E-state index in [-0.39, 0.29) is 0 Å². The van der Waals surface area contributed by atoms with Crippen molar-refractivity contribution in [2.45, 2.75) is 11.6 Å². The van der Waals surface area contributed by atoms with Crippen LogP contribution in [0.5, 0.6) is 5.75 Å². The first-order valence-electron chi connectivity index (χ1n) is 6.35. The molecule has 0 saturated heterocycles. The summed E-state index contributed by atoms with van der Waals surface area (Å²) in [5.41, 5.74) is 4.88. The Hall–Kier alpha value is -2.22. The summed E-state index contributed by atoms with van der Waals surface area (Å²) in [6.45, 7) is 0.512. The molecular formula is C13H16N4O3S. The van der Waals surface area contributed by atoms with Gasteiger partial charge in [0.2, 0.25) is 0 Å². The number of hydrogen-bond acceptors (Lipinski definition) is 6. The number of aryl methyl sites for hydroxylation is 1. The molecule has 0 amide bonds. The topological polar surface area (TPSA) is 103 Å². The van der Waals surface area contributed by atoms with E-state index < -0.39 is 11.1 Å². The second-order valence-corrected chi connectivity index (χ2v) is 5.35. The molecule has 2 aromatic rings. The van der Waals surface area contributed by atoms with Crippen molar-refractivity contribution in [3.63, 3.8) is 0 Å². The van der Waals surface area contributed by atoms with Gasteiger partial charge in [0.15, 0.2) is 5.16 Å². The van der Waals surface area contributed by atoms with Gasteiger partial charge >= 0.3 is 11.1 Å². The van der Waals surface area contributed by atoms with Crippen LogP contribution in [0, 0.1) is 0 Å². The van der Waals surface area contributed by atoms with Crippen LogP contribution in [0.1, 0.15) is 6.42 Å². The van der Waals surface area contributed by atoms with Gasteiger partial charge in [0.1, 0.15) is 5.75 Å². The normalized spacial score (nSPS) is 10.5. The van der Waals surface area contributed by atoms with Crippen molar-refractivity contribution < 1.29 is 4.74 Å². The summed E-state index contributed by atoms with van der Waals surface area (Å²) >= 11 is 1.38. The predicted octanol–water partition coefficient (Wildman–Crippen LogP) is 0.612. The summed E-state index contributed by atoms with van der Waals surface area (Å²) in [5.74, 6) is 1.37. The van der Waals surface area contributed by atoms with Crippen LogP contribution >= 0.6 is 11.8 Å². The molecule has 0 unspecified atom stereocenters. The van der Waals surface area contributed by atoms with Crippen LogP contribution in [0.2, 0.25) is 0 Å². The van der Waals surface area contributed by atoms with Crippen molar-refractivity contribution in [3.8, 4) is 5.75 Å². The minimum atomic E-state index is -0.774. The maximum absolute atomic E-state index is 11.2. The number of nitrogens with zero attached hydrogens (tertiary/aromatic N) is 2. The third kappa shape index (κ3) is 4.12. The number of ether oxygens (including phenoxy) is 1. The molecule has 0 aliphatic carbocycles. The number of benzene rings is 1. The number of anilines is 1. The van der Waals surface area contributed by atoms with E-state index in [2.05, 4.69) is 10.1 Å². The summed E-state index contributed by atoms with van der Waals surface area (Å²) in [6.07, 6.45) is 0.758. The fraction of sp³-hybridized carbons (Fsp3) is 0.308. The minimum absolute atomic E-state index is 0.471. The maximum Gasteiger partial charge on any atom is 0.339 e. The second kappa shape index (κ2) is 6.98. The Morgan fingerprint density at radius 2 is 2.14 bits per heavy atom. The van der Waals surface area contributed by atoms with Gasteiger partial charge in [0.25, 0.3) is 0 Å². The van der Waals surface area contributed by atoms with Gasteiger partial charge in [0, 0.05) is 12.8 Å². The van der Waals surface area contributed by atoms with E-state index in [0.29, 0.717) is 29.0 Å². The van der Waals surface area contributed by atoms with Crippen LogP contribution in [-0.2, 0) is 7.05 Å². The molecule has 2 rings (SSSR count). The first-order valence-corrected chi connectivity index (χ1v) is 7.34. The minimum Gasteiger partial charge on any atom is -0.491 e. The Morgan fingerprint density at radius 3 is 2.90 bits per heavy atom. The molecule has 0 saturated carbocycles. The third-order valence-corrected chi connectivity index (χ3v) is 3.76. The van der Waals surface area contributed by atoms with Gasteiger partial charge in [-0.05, 0) is 18.6 Å². The van der Waals surface area contributed by atoms with Gasteiger partial charge in [0.05, 0.1) is 12.3 Å². The van der Waals surface area contributed by atoms with Crippen molar-refractivity contribution >= 4 is 17.4 Å². The number of hydrogen-bond donors (Lipinski definition) is 2. The number of rotatable bonds is 6. The molecule has 0 bridgehead atoms. The lowest BCUT2D eigenvalue weighted by molar-refractivity contribution is 0.320. The number of thioether (sulfide) groups is 1. The zero-order valence-electron chi connectivity index (χ0n) is 11.5. The van der Waals surface area contributed by atoms with E-state index >= 15 is 0 Å². The highest BCUT2D eigenvalue weighted by molar-refractivity contribution is 7.99. The van der Waals surface area contributed by atoms with E-state index in [1.165, 1.54) is 16.4 Å². The van der Waals surface area contributed by atoms with E-state index in [9.17, 15) is 9.59 Å². The monoisotopic (exact) mass is 308 g/mol. The number of para-hydroxylation sites is 2. The molecule has 7 nitrogen and oxygen atoms in total. The number of aromatic amines is 1. The molecule has 0 aliphatic heterocycles. The molecule has 3 N–H and O–H groups in total. The summed E-state index contributed by atoms with van der Waals surface area (Å²) in [7, 11) is 1.64. The van der Waals surface area contributed by atoms with Gasteiger partial charge in [-0.25, -0.2) is 0 Å². The Kier molecular flexibility index (Phi) is 5.04. The zero-order chi connectivity index (χ0) is 15.2. The standard InChI is InChI=1S/C13H16N4O3S/c1-17-13(15-11(18)12(19)16-17)21-8-4-7-20-10-6-3-2-5-9(10)14/h2-3,5-6H,4,7-8,14H2,1H3,(H,16,19). The molecule has 0 aliphatic rings. The smallest absolute Gasteiger partial charge is 0.339 e. The van der Waals surface area contributed by atoms with E-state index in [0.717, 1.165) is 6.42 Å². The van der Waals surface area contributed by atoms with E-state index in [4.69, 9.17) is 10.5 Å². The average Bonchev–Trinajstić information content (AvgIpc) is 2.45. The van der Waals surface area contributed by atoms with Gasteiger partial charge in [-0.15, -0.1) is 0 Å². The van der Waals surface area contributed by atoms with Crippen LogP contribution in [-0.4, -0.2) is 27.1 Å². The summed E-state index contributed by atoms with van der Waals surface area (Å²) in [5, 5.41) is 2.87. The molecule has 0 fully saturated rings. The van der Waals surface area contributed by atoms with Crippen LogP contribution in [0.3, 0.4) is 0 Å². The maximum atomic E-state index is 11.2. The predicted molar refractivity (Wildman–Crippen MR) is 81.8 cm³/mol. The summed E-state index contributed by atoms with van der Waals surface area (Å²) < 4.78 is 7.00. The van der Waals surface area contributed by atoms with Gasteiger partial charge in [-0.3, -0.25) is 19.4 Å². The van der Waals surface area contributed by atoms with Crippen molar-refractivity contribution in [2.75, 3.05) is 18.1 Å². The first-order chi connectivity index (χ1) is 10.1. The van der Waals surface area contributed by atoms with Crippen molar-refractivity contribution in [1.29, 1.82) is 0 Å². The average molecular weight is 308 g/mol. The van der Waals surface area contributed by atoms with Crippen LogP contribution in [0.25, 0.3) is 0 Å². The fourth-order valence-electron chi connectivity index (χ4n) is 1.61. The molecule has 8 heteroatoms. The lowest BCUT2D eigenvalue weighted by atomic mass is 10.3. The molecule has 1 heterocycles. The van der Waals surface area contributed by atoms with Crippen molar-refractivity contribution in [1.82, 2.24) is 14.8 Å². The van der Waals surface area contributed by atoms with Crippen LogP contribution in [0.4, 0.5) is 5.69 Å². The van der Waals surface area contributed by atoms with Crippen LogP contribution in [0.15, 0.2) is 39.0 Å². The SMILES string of the molecule is Cn1[nH]c(=O)c(=O)nc1SCCCOc1ccccc1N. The van der Waals surface area contributed by atoms with Gasteiger partial charge in [-0.1, -0.05) is 23.9 Å². The Bertz CT molecular complexity index is 726. The molecule has 0 radical (unpaired) electrons. The van der Waals surface area contributed by atoms with E-state index in [1.807, 2.05) is 18.2 Å². The quantitative estimate of drug-likeness (QED) is 0.351. The Balaban J connectivity index is 1.80. The molecule has 21 heavy (non-hydrogen) atoms. The summed E-state index contributed by atoms with van der Waals surface area (Å²) in [6, 6.07) is 7.31. The molecular weight excluding hydrogens is 292 g/mol. The highest BCUT2D eigenvalue weighted by Gasteiger charge is 2.04. The largest absolute Gasteiger partial charge is 0.491 e.